The number of phenols is 1. The van der Waals surface area contributed by atoms with Crippen molar-refractivity contribution in [2.45, 2.75) is 49.9 Å². The summed E-state index contributed by atoms with van der Waals surface area (Å²) in [5.74, 6) is 1.30. The molecule has 8 nitrogen and oxygen atoms in total. The first-order valence-electron chi connectivity index (χ1n) is 15.2. The molecule has 3 fully saturated rings. The molecular formula is C34H30F3N5O3. The molecule has 0 unspecified atom stereocenters. The molecular weight excluding hydrogens is 583 g/mol. The fraction of sp³-hybridized carbons (Fsp3) is 0.382. The van der Waals surface area contributed by atoms with Crippen molar-refractivity contribution < 1.29 is 27.8 Å². The van der Waals surface area contributed by atoms with Gasteiger partial charge in [0.2, 0.25) is 5.88 Å². The van der Waals surface area contributed by atoms with E-state index in [1.165, 1.54) is 24.3 Å². The summed E-state index contributed by atoms with van der Waals surface area (Å²) in [6.07, 6.45) is 8.41. The first-order chi connectivity index (χ1) is 21.7. The molecule has 3 saturated heterocycles. The molecule has 11 heteroatoms. The maximum atomic E-state index is 16.9. The number of halogens is 3. The molecule has 2 aromatic carbocycles. The number of nitrogens with zero attached hydrogens (tertiary/aromatic N) is 5. The number of piperidine rings is 1. The Balaban J connectivity index is 1.33. The standard InChI is InChI=1S/C34H30F3N5O3/c1-3-23-25(36)8-7-19-10-22(43)11-24(26(19)23)29-28(37)30-27-31(42-9-5-4-6-21(42)16-44-32(27)38-29)40-33(39-30)45-17-34-12-18(2)14-41(34)15-20(35)13-34/h1,7-8,10-11,20-21,43H,2,4-6,9,12-17H2/t20-,21-,34+/m0/s1. The van der Waals surface area contributed by atoms with Crippen molar-refractivity contribution in [1.82, 2.24) is 19.9 Å². The van der Waals surface area contributed by atoms with E-state index in [0.29, 0.717) is 55.7 Å². The highest BCUT2D eigenvalue weighted by Gasteiger charge is 2.51. The number of pyridine rings is 1. The van der Waals surface area contributed by atoms with Crippen LogP contribution in [-0.4, -0.2) is 75.6 Å². The average Bonchev–Trinajstić information content (AvgIpc) is 3.42. The normalized spacial score (nSPS) is 24.3. The predicted octanol–water partition coefficient (Wildman–Crippen LogP) is 5.68. The minimum atomic E-state index is -0.973. The molecule has 4 aliphatic heterocycles. The molecule has 3 atom stereocenters. The molecule has 0 spiro atoms. The van der Waals surface area contributed by atoms with Crippen LogP contribution in [0.3, 0.4) is 0 Å². The van der Waals surface area contributed by atoms with Crippen molar-refractivity contribution in [1.29, 1.82) is 0 Å². The second-order valence-corrected chi connectivity index (χ2v) is 12.6. The molecule has 4 aliphatic rings. The number of fused-ring (bicyclic) bond motifs is 4. The van der Waals surface area contributed by atoms with Gasteiger partial charge in [-0.1, -0.05) is 24.1 Å². The van der Waals surface area contributed by atoms with Crippen LogP contribution >= 0.6 is 0 Å². The van der Waals surface area contributed by atoms with Gasteiger partial charge in [0.05, 0.1) is 17.1 Å². The Morgan fingerprint density at radius 3 is 2.89 bits per heavy atom. The number of aromatic nitrogens is 3. The quantitative estimate of drug-likeness (QED) is 0.233. The van der Waals surface area contributed by atoms with E-state index >= 15 is 4.39 Å². The first kappa shape index (κ1) is 28.0. The zero-order chi connectivity index (χ0) is 31.0. The van der Waals surface area contributed by atoms with Crippen molar-refractivity contribution >= 4 is 27.5 Å². The largest absolute Gasteiger partial charge is 0.508 e. The average molecular weight is 614 g/mol. The summed E-state index contributed by atoms with van der Waals surface area (Å²) in [5.41, 5.74) is 0.172. The Morgan fingerprint density at radius 2 is 2.04 bits per heavy atom. The van der Waals surface area contributed by atoms with E-state index in [1.54, 1.807) is 0 Å². The molecule has 230 valence electrons. The third kappa shape index (κ3) is 4.37. The van der Waals surface area contributed by atoms with Gasteiger partial charge in [0.1, 0.15) is 53.4 Å². The summed E-state index contributed by atoms with van der Waals surface area (Å²) in [6, 6.07) is 5.34. The lowest BCUT2D eigenvalue weighted by molar-refractivity contribution is 0.107. The van der Waals surface area contributed by atoms with Gasteiger partial charge in [0.15, 0.2) is 5.82 Å². The molecule has 45 heavy (non-hydrogen) atoms. The predicted molar refractivity (Wildman–Crippen MR) is 163 cm³/mol. The zero-order valence-corrected chi connectivity index (χ0v) is 24.5. The van der Waals surface area contributed by atoms with Gasteiger partial charge in [-0.3, -0.25) is 4.90 Å². The minimum Gasteiger partial charge on any atom is -0.508 e. The maximum Gasteiger partial charge on any atom is 0.319 e. The topological polar surface area (TPSA) is 83.8 Å². The highest BCUT2D eigenvalue weighted by molar-refractivity contribution is 6.04. The summed E-state index contributed by atoms with van der Waals surface area (Å²) in [5, 5.41) is 11.5. The molecule has 8 rings (SSSR count). The maximum absolute atomic E-state index is 16.9. The van der Waals surface area contributed by atoms with Crippen molar-refractivity contribution in [2.24, 2.45) is 0 Å². The van der Waals surface area contributed by atoms with Gasteiger partial charge in [-0.2, -0.15) is 9.97 Å². The summed E-state index contributed by atoms with van der Waals surface area (Å²) < 4.78 is 58.8. The van der Waals surface area contributed by atoms with E-state index in [-0.39, 0.29) is 58.0 Å². The second-order valence-electron chi connectivity index (χ2n) is 12.6. The van der Waals surface area contributed by atoms with Crippen LogP contribution < -0.4 is 14.4 Å². The lowest BCUT2D eigenvalue weighted by Crippen LogP contribution is -2.44. The summed E-state index contributed by atoms with van der Waals surface area (Å²) in [6.45, 7) is 6.13. The van der Waals surface area contributed by atoms with Crippen LogP contribution in [0, 0.1) is 24.0 Å². The Bertz CT molecular complexity index is 1960. The second kappa shape index (κ2) is 10.2. The lowest BCUT2D eigenvalue weighted by atomic mass is 9.93. The molecule has 0 amide bonds. The fourth-order valence-corrected chi connectivity index (χ4v) is 7.69. The van der Waals surface area contributed by atoms with Gasteiger partial charge >= 0.3 is 6.01 Å². The van der Waals surface area contributed by atoms with E-state index in [1.807, 2.05) is 0 Å². The number of hydrogen-bond donors (Lipinski definition) is 1. The number of aromatic hydroxyl groups is 1. The van der Waals surface area contributed by atoms with E-state index in [0.717, 1.165) is 24.8 Å². The third-order valence-corrected chi connectivity index (χ3v) is 9.63. The van der Waals surface area contributed by atoms with Gasteiger partial charge in [0.25, 0.3) is 0 Å². The Kier molecular flexibility index (Phi) is 6.36. The molecule has 0 saturated carbocycles. The van der Waals surface area contributed by atoms with Gasteiger partial charge in [-0.15, -0.1) is 6.42 Å². The molecule has 0 aliphatic carbocycles. The summed E-state index contributed by atoms with van der Waals surface area (Å²) in [4.78, 5) is 18.1. The monoisotopic (exact) mass is 613 g/mol. The van der Waals surface area contributed by atoms with Crippen LogP contribution in [0.4, 0.5) is 19.0 Å². The molecule has 6 heterocycles. The van der Waals surface area contributed by atoms with E-state index in [2.05, 4.69) is 32.3 Å². The number of benzene rings is 2. The Morgan fingerprint density at radius 1 is 1.18 bits per heavy atom. The highest BCUT2D eigenvalue weighted by Crippen LogP contribution is 2.45. The van der Waals surface area contributed by atoms with Crippen molar-refractivity contribution in [3.63, 3.8) is 0 Å². The summed E-state index contributed by atoms with van der Waals surface area (Å²) in [7, 11) is 0. The van der Waals surface area contributed by atoms with Crippen molar-refractivity contribution in [2.75, 3.05) is 37.7 Å². The number of ether oxygens (including phenoxy) is 2. The first-order valence-corrected chi connectivity index (χ1v) is 15.2. The van der Waals surface area contributed by atoms with E-state index in [4.69, 9.17) is 20.9 Å². The smallest absolute Gasteiger partial charge is 0.319 e. The third-order valence-electron chi connectivity index (χ3n) is 9.63. The van der Waals surface area contributed by atoms with Crippen LogP contribution in [0.2, 0.25) is 0 Å². The number of alkyl halides is 1. The van der Waals surface area contributed by atoms with Crippen LogP contribution in [0.1, 0.15) is 37.7 Å². The Hall–Kier alpha value is -4.56. The number of rotatable bonds is 4. The molecule has 0 bridgehead atoms. The molecule has 2 aromatic heterocycles. The SMILES string of the molecule is C#Cc1c(F)ccc2cc(O)cc(-c3nc4c5c(nc(OC[C@]67CC(=C)CN6C[C@@H](F)C7)nc5c3F)N3CCCC[C@H]3CO4)c12. The minimum absolute atomic E-state index is 0.0245. The van der Waals surface area contributed by atoms with Crippen LogP contribution in [0.15, 0.2) is 36.4 Å². The molecule has 0 radical (unpaired) electrons. The molecule has 1 N–H and O–H groups in total. The lowest BCUT2D eigenvalue weighted by Gasteiger charge is -2.35. The number of phenolic OH excluding ortho intramolecular Hbond substituents is 1. The van der Waals surface area contributed by atoms with Crippen molar-refractivity contribution in [3.8, 4) is 41.2 Å². The summed E-state index contributed by atoms with van der Waals surface area (Å²) >= 11 is 0. The van der Waals surface area contributed by atoms with Crippen LogP contribution in [0.25, 0.3) is 32.9 Å². The number of terminal acetylenes is 1. The fourth-order valence-electron chi connectivity index (χ4n) is 7.69. The number of anilines is 1. The van der Waals surface area contributed by atoms with E-state index in [9.17, 15) is 13.9 Å². The van der Waals surface area contributed by atoms with E-state index < -0.39 is 23.3 Å². The van der Waals surface area contributed by atoms with Gasteiger partial charge < -0.3 is 19.5 Å². The van der Waals surface area contributed by atoms with Crippen LogP contribution in [-0.2, 0) is 0 Å². The highest BCUT2D eigenvalue weighted by atomic mass is 19.1. The van der Waals surface area contributed by atoms with Gasteiger partial charge in [0, 0.05) is 37.0 Å². The zero-order valence-electron chi connectivity index (χ0n) is 24.5. The number of hydrogen-bond acceptors (Lipinski definition) is 8. The van der Waals surface area contributed by atoms with Gasteiger partial charge in [-0.25, -0.2) is 18.2 Å². The molecule has 4 aromatic rings. The van der Waals surface area contributed by atoms with Crippen LogP contribution in [0.5, 0.6) is 17.6 Å². The van der Waals surface area contributed by atoms with Crippen molar-refractivity contribution in [3.05, 3.63) is 53.6 Å². The van der Waals surface area contributed by atoms with Gasteiger partial charge in [-0.05, 0) is 49.3 Å². The Labute approximate surface area is 257 Å².